The van der Waals surface area contributed by atoms with Crippen LogP contribution < -0.4 is 0 Å². The molecule has 0 saturated heterocycles. The van der Waals surface area contributed by atoms with E-state index in [4.69, 9.17) is 16.3 Å². The Morgan fingerprint density at radius 3 is 3.07 bits per heavy atom. The van der Waals surface area contributed by atoms with Crippen LogP contribution in [0.5, 0.6) is 0 Å². The Morgan fingerprint density at radius 2 is 2.29 bits per heavy atom. The summed E-state index contributed by atoms with van der Waals surface area (Å²) in [6, 6.07) is 1.000. The first-order valence-electron chi connectivity index (χ1n) is 5.32. The predicted molar refractivity (Wildman–Crippen MR) is 57.9 cm³/mol. The van der Waals surface area contributed by atoms with E-state index in [1.54, 1.807) is 7.11 Å². The first-order valence-corrected chi connectivity index (χ1v) is 5.69. The highest BCUT2D eigenvalue weighted by Crippen LogP contribution is 2.31. The van der Waals surface area contributed by atoms with Gasteiger partial charge >= 0.3 is 0 Å². The Bertz CT molecular complexity index is 232. The smallest absolute Gasteiger partial charge is 0.194 e. The SMILES string of the molecule is COCCN1C(Cl)=N[C@H]2CCCC[C@H]21. The van der Waals surface area contributed by atoms with Crippen LogP contribution in [0.3, 0.4) is 0 Å². The van der Waals surface area contributed by atoms with Gasteiger partial charge in [0.1, 0.15) is 0 Å². The van der Waals surface area contributed by atoms with Gasteiger partial charge in [-0.15, -0.1) is 0 Å². The van der Waals surface area contributed by atoms with E-state index in [9.17, 15) is 0 Å². The van der Waals surface area contributed by atoms with Crippen LogP contribution in [0.1, 0.15) is 25.7 Å². The third kappa shape index (κ3) is 1.89. The molecular formula is C10H17ClN2O. The number of methoxy groups -OCH3 is 1. The van der Waals surface area contributed by atoms with Crippen molar-refractivity contribution in [1.82, 2.24) is 4.90 Å². The van der Waals surface area contributed by atoms with Gasteiger partial charge in [-0.1, -0.05) is 12.8 Å². The molecule has 1 fully saturated rings. The van der Waals surface area contributed by atoms with Crippen LogP contribution in [0.4, 0.5) is 0 Å². The first kappa shape index (κ1) is 10.2. The van der Waals surface area contributed by atoms with Gasteiger partial charge in [0.15, 0.2) is 5.29 Å². The largest absolute Gasteiger partial charge is 0.383 e. The molecule has 14 heavy (non-hydrogen) atoms. The van der Waals surface area contributed by atoms with Gasteiger partial charge in [0.2, 0.25) is 0 Å². The molecule has 2 aliphatic rings. The Balaban J connectivity index is 1.98. The summed E-state index contributed by atoms with van der Waals surface area (Å²) in [6.45, 7) is 1.61. The molecule has 2 rings (SSSR count). The molecule has 4 heteroatoms. The number of amidine groups is 1. The molecule has 0 aromatic rings. The second-order valence-electron chi connectivity index (χ2n) is 4.00. The van der Waals surface area contributed by atoms with Crippen LogP contribution >= 0.6 is 11.6 Å². The molecular weight excluding hydrogens is 200 g/mol. The number of ether oxygens (including phenoxy) is 1. The maximum Gasteiger partial charge on any atom is 0.194 e. The molecule has 0 aromatic carbocycles. The summed E-state index contributed by atoms with van der Waals surface area (Å²) in [6.07, 6.45) is 5.04. The summed E-state index contributed by atoms with van der Waals surface area (Å²) < 4.78 is 5.08. The van der Waals surface area contributed by atoms with E-state index in [2.05, 4.69) is 9.89 Å². The molecule has 1 aliphatic carbocycles. The van der Waals surface area contributed by atoms with Crippen LogP contribution in [-0.4, -0.2) is 42.5 Å². The number of hydrogen-bond donors (Lipinski definition) is 0. The quantitative estimate of drug-likeness (QED) is 0.673. The van der Waals surface area contributed by atoms with Gasteiger partial charge in [-0.05, 0) is 24.4 Å². The lowest BCUT2D eigenvalue weighted by atomic mass is 9.91. The average Bonchev–Trinajstić information content (AvgIpc) is 2.51. The number of halogens is 1. The van der Waals surface area contributed by atoms with Crippen molar-refractivity contribution in [2.45, 2.75) is 37.8 Å². The maximum atomic E-state index is 6.11. The maximum absolute atomic E-state index is 6.11. The molecule has 0 bridgehead atoms. The van der Waals surface area contributed by atoms with Crippen molar-refractivity contribution < 1.29 is 4.74 Å². The zero-order valence-corrected chi connectivity index (χ0v) is 9.33. The van der Waals surface area contributed by atoms with E-state index in [0.29, 0.717) is 17.4 Å². The fraction of sp³-hybridized carbons (Fsp3) is 0.900. The number of nitrogens with zero attached hydrogens (tertiary/aromatic N) is 2. The van der Waals surface area contributed by atoms with Crippen molar-refractivity contribution in [2.24, 2.45) is 4.99 Å². The standard InChI is InChI=1S/C10H17ClN2O/c1-14-7-6-13-9-5-3-2-4-8(9)12-10(13)11/h8-9H,2-7H2,1H3/t8-,9+/m0/s1. The van der Waals surface area contributed by atoms with E-state index in [-0.39, 0.29) is 0 Å². The lowest BCUT2D eigenvalue weighted by Gasteiger charge is -2.31. The van der Waals surface area contributed by atoms with E-state index < -0.39 is 0 Å². The summed E-state index contributed by atoms with van der Waals surface area (Å²) in [5, 5.41) is 0.693. The predicted octanol–water partition coefficient (Wildman–Crippen LogP) is 1.85. The van der Waals surface area contributed by atoms with Crippen molar-refractivity contribution in [3.05, 3.63) is 0 Å². The normalized spacial score (nSPS) is 31.6. The van der Waals surface area contributed by atoms with Crippen LogP contribution in [0.25, 0.3) is 0 Å². The number of hydrogen-bond acceptors (Lipinski definition) is 3. The summed E-state index contributed by atoms with van der Waals surface area (Å²) >= 11 is 6.11. The van der Waals surface area contributed by atoms with Gasteiger partial charge < -0.3 is 9.64 Å². The second kappa shape index (κ2) is 4.49. The number of aliphatic imine (C=N–C) groups is 1. The van der Waals surface area contributed by atoms with Crippen LogP contribution in [0, 0.1) is 0 Å². The zero-order valence-electron chi connectivity index (χ0n) is 8.58. The highest BCUT2D eigenvalue weighted by Gasteiger charge is 2.36. The van der Waals surface area contributed by atoms with Crippen molar-refractivity contribution >= 4 is 16.9 Å². The van der Waals surface area contributed by atoms with E-state index in [1.807, 2.05) is 0 Å². The van der Waals surface area contributed by atoms with Crippen LogP contribution in [0.2, 0.25) is 0 Å². The molecule has 1 aliphatic heterocycles. The third-order valence-electron chi connectivity index (χ3n) is 3.14. The Morgan fingerprint density at radius 1 is 1.50 bits per heavy atom. The van der Waals surface area contributed by atoms with Gasteiger partial charge in [-0.2, -0.15) is 0 Å². The van der Waals surface area contributed by atoms with Crippen molar-refractivity contribution in [3.8, 4) is 0 Å². The first-order chi connectivity index (χ1) is 6.83. The molecule has 0 unspecified atom stereocenters. The van der Waals surface area contributed by atoms with Gasteiger partial charge in [0.25, 0.3) is 0 Å². The van der Waals surface area contributed by atoms with Crippen LogP contribution in [0.15, 0.2) is 4.99 Å². The van der Waals surface area contributed by atoms with Crippen LogP contribution in [-0.2, 0) is 4.74 Å². The van der Waals surface area contributed by atoms with Crippen molar-refractivity contribution in [2.75, 3.05) is 20.3 Å². The summed E-state index contributed by atoms with van der Waals surface area (Å²) in [4.78, 5) is 6.70. The van der Waals surface area contributed by atoms with E-state index in [1.165, 1.54) is 25.7 Å². The number of fused-ring (bicyclic) bond motifs is 1. The summed E-state index contributed by atoms with van der Waals surface area (Å²) in [5.41, 5.74) is 0. The zero-order chi connectivity index (χ0) is 9.97. The fourth-order valence-corrected chi connectivity index (χ4v) is 2.74. The third-order valence-corrected chi connectivity index (χ3v) is 3.45. The van der Waals surface area contributed by atoms with Crippen molar-refractivity contribution in [3.63, 3.8) is 0 Å². The van der Waals surface area contributed by atoms with Gasteiger partial charge in [-0.25, -0.2) is 0 Å². The summed E-state index contributed by atoms with van der Waals surface area (Å²) in [5.74, 6) is 0. The highest BCUT2D eigenvalue weighted by molar-refractivity contribution is 6.64. The van der Waals surface area contributed by atoms with Crippen molar-refractivity contribution in [1.29, 1.82) is 0 Å². The molecule has 0 spiro atoms. The number of rotatable bonds is 3. The Hall–Kier alpha value is -0.280. The minimum absolute atomic E-state index is 0.452. The van der Waals surface area contributed by atoms with Gasteiger partial charge in [-0.3, -0.25) is 4.99 Å². The minimum atomic E-state index is 0.452. The molecule has 80 valence electrons. The molecule has 1 saturated carbocycles. The average molecular weight is 217 g/mol. The Labute approximate surface area is 90.1 Å². The topological polar surface area (TPSA) is 24.8 Å². The fourth-order valence-electron chi connectivity index (χ4n) is 2.40. The van der Waals surface area contributed by atoms with Gasteiger partial charge in [0, 0.05) is 13.7 Å². The Kier molecular flexibility index (Phi) is 3.29. The molecule has 0 radical (unpaired) electrons. The van der Waals surface area contributed by atoms with E-state index >= 15 is 0 Å². The molecule has 0 aromatic heterocycles. The lowest BCUT2D eigenvalue weighted by molar-refractivity contribution is 0.153. The lowest BCUT2D eigenvalue weighted by Crippen LogP contribution is -2.41. The molecule has 1 heterocycles. The minimum Gasteiger partial charge on any atom is -0.383 e. The van der Waals surface area contributed by atoms with Gasteiger partial charge in [0.05, 0.1) is 18.7 Å². The molecule has 0 N–H and O–H groups in total. The molecule has 2 atom stereocenters. The monoisotopic (exact) mass is 216 g/mol. The molecule has 0 amide bonds. The summed E-state index contributed by atoms with van der Waals surface area (Å²) in [7, 11) is 1.72. The van der Waals surface area contributed by atoms with E-state index in [0.717, 1.165) is 13.2 Å². The second-order valence-corrected chi connectivity index (χ2v) is 4.34. The highest BCUT2D eigenvalue weighted by atomic mass is 35.5. The molecule has 3 nitrogen and oxygen atoms in total.